The molecule has 0 radical (unpaired) electrons. The zero-order valence-electron chi connectivity index (χ0n) is 19.6. The molecule has 3 aromatic rings. The fourth-order valence-corrected chi connectivity index (χ4v) is 4.21. The van der Waals surface area contributed by atoms with Gasteiger partial charge in [0.2, 0.25) is 0 Å². The molecule has 7 nitrogen and oxygen atoms in total. The van der Waals surface area contributed by atoms with Gasteiger partial charge in [0.25, 0.3) is 0 Å². The third-order valence-corrected chi connectivity index (χ3v) is 5.79. The second kappa shape index (κ2) is 9.87. The molecule has 0 atom stereocenters. The maximum atomic E-state index is 11.9. The number of esters is 1. The number of rotatable bonds is 6. The van der Waals surface area contributed by atoms with Gasteiger partial charge in [0.15, 0.2) is 0 Å². The molecule has 0 saturated heterocycles. The predicted molar refractivity (Wildman–Crippen MR) is 131 cm³/mol. The summed E-state index contributed by atoms with van der Waals surface area (Å²) in [5, 5.41) is 13.0. The van der Waals surface area contributed by atoms with E-state index >= 15 is 0 Å². The van der Waals surface area contributed by atoms with Gasteiger partial charge >= 0.3 is 11.9 Å². The van der Waals surface area contributed by atoms with E-state index in [1.807, 2.05) is 32.0 Å². The Kier molecular flexibility index (Phi) is 6.72. The largest absolute Gasteiger partial charge is 0.508 e. The molecule has 4 rings (SSSR count). The third kappa shape index (κ3) is 4.98. The number of aromatic hydroxyl groups is 1. The van der Waals surface area contributed by atoms with Crippen molar-refractivity contribution in [1.29, 1.82) is 0 Å². The van der Waals surface area contributed by atoms with E-state index in [4.69, 9.17) is 9.47 Å². The van der Waals surface area contributed by atoms with Crippen LogP contribution in [0.15, 0.2) is 54.6 Å². The highest BCUT2D eigenvalue weighted by atomic mass is 16.5. The van der Waals surface area contributed by atoms with Gasteiger partial charge in [-0.15, -0.1) is 0 Å². The minimum atomic E-state index is -0.921. The lowest BCUT2D eigenvalue weighted by atomic mass is 10.1. The van der Waals surface area contributed by atoms with Crippen LogP contribution in [0, 0.1) is 13.8 Å². The van der Waals surface area contributed by atoms with Crippen LogP contribution in [-0.2, 0) is 27.3 Å². The molecule has 1 amide bonds. The summed E-state index contributed by atoms with van der Waals surface area (Å²) < 4.78 is 10.9. The summed E-state index contributed by atoms with van der Waals surface area (Å²) in [6.07, 6.45) is 0.991. The number of hydrogen-bond acceptors (Lipinski definition) is 6. The van der Waals surface area contributed by atoms with Crippen LogP contribution in [0.3, 0.4) is 0 Å². The molecule has 0 spiro atoms. The highest BCUT2D eigenvalue weighted by molar-refractivity contribution is 6.37. The summed E-state index contributed by atoms with van der Waals surface area (Å²) in [6, 6.07) is 17.0. The lowest BCUT2D eigenvalue weighted by molar-refractivity contribution is -0.152. The molecular weight excluding hydrogens is 432 g/mol. The lowest BCUT2D eigenvalue weighted by Crippen LogP contribution is -2.25. The van der Waals surface area contributed by atoms with Crippen molar-refractivity contribution in [2.24, 2.45) is 0 Å². The van der Waals surface area contributed by atoms with Crippen molar-refractivity contribution >= 4 is 23.3 Å². The van der Waals surface area contributed by atoms with Crippen LogP contribution >= 0.6 is 0 Å². The molecule has 1 aliphatic heterocycles. The maximum absolute atomic E-state index is 11.9. The Morgan fingerprint density at radius 2 is 1.79 bits per heavy atom. The van der Waals surface area contributed by atoms with Crippen LogP contribution in [0.4, 0.5) is 11.4 Å². The number of fused-ring (bicyclic) bond motifs is 1. The fraction of sp³-hybridized carbons (Fsp3) is 0.259. The number of para-hydroxylation sites is 1. The molecule has 1 heterocycles. The number of hydrogen-bond donors (Lipinski definition) is 2. The summed E-state index contributed by atoms with van der Waals surface area (Å²) in [4.78, 5) is 25.8. The van der Waals surface area contributed by atoms with Crippen LogP contribution in [-0.4, -0.2) is 30.1 Å². The van der Waals surface area contributed by atoms with Gasteiger partial charge in [-0.2, -0.15) is 0 Å². The Labute approximate surface area is 198 Å². The van der Waals surface area contributed by atoms with Gasteiger partial charge < -0.3 is 24.8 Å². The average Bonchev–Trinajstić information content (AvgIpc) is 3.21. The summed E-state index contributed by atoms with van der Waals surface area (Å²) in [7, 11) is 0. The van der Waals surface area contributed by atoms with Gasteiger partial charge in [0.1, 0.15) is 17.2 Å². The van der Waals surface area contributed by atoms with Crippen LogP contribution < -0.4 is 15.0 Å². The molecule has 176 valence electrons. The first-order valence-corrected chi connectivity index (χ1v) is 11.3. The Morgan fingerprint density at radius 3 is 2.53 bits per heavy atom. The third-order valence-electron chi connectivity index (χ3n) is 5.79. The lowest BCUT2D eigenvalue weighted by Gasteiger charge is -2.21. The molecule has 1 aliphatic rings. The Hall–Kier alpha value is -4.00. The number of phenolic OH excluding ortho intramolecular Hbond substituents is 1. The summed E-state index contributed by atoms with van der Waals surface area (Å²) >= 11 is 0. The van der Waals surface area contributed by atoms with Crippen LogP contribution in [0.25, 0.3) is 0 Å². The van der Waals surface area contributed by atoms with Crippen LogP contribution in [0.1, 0.15) is 29.2 Å². The summed E-state index contributed by atoms with van der Waals surface area (Å²) in [6.45, 7) is 6.99. The second-order valence-electron chi connectivity index (χ2n) is 8.31. The second-order valence-corrected chi connectivity index (χ2v) is 8.31. The van der Waals surface area contributed by atoms with Gasteiger partial charge in [-0.1, -0.05) is 18.2 Å². The molecular formula is C27H28N2O5. The fourth-order valence-electron chi connectivity index (χ4n) is 4.21. The van der Waals surface area contributed by atoms with E-state index in [-0.39, 0.29) is 12.4 Å². The van der Waals surface area contributed by atoms with Crippen molar-refractivity contribution in [3.63, 3.8) is 0 Å². The Bertz CT molecular complexity index is 1210. The number of aryl methyl sites for hydroxylation is 2. The molecule has 3 aromatic carbocycles. The molecule has 0 bridgehead atoms. The number of phenols is 1. The van der Waals surface area contributed by atoms with Crippen molar-refractivity contribution in [3.8, 4) is 17.2 Å². The van der Waals surface area contributed by atoms with E-state index < -0.39 is 11.9 Å². The normalized spacial score (nSPS) is 12.3. The number of carbonyl (C=O) groups is 2. The molecule has 34 heavy (non-hydrogen) atoms. The summed E-state index contributed by atoms with van der Waals surface area (Å²) in [5.74, 6) is -0.259. The smallest absolute Gasteiger partial charge is 0.397 e. The van der Waals surface area contributed by atoms with Crippen molar-refractivity contribution in [2.45, 2.75) is 33.7 Å². The molecule has 0 aromatic heterocycles. The Balaban J connectivity index is 1.51. The topological polar surface area (TPSA) is 88.1 Å². The molecule has 7 heteroatoms. The van der Waals surface area contributed by atoms with Gasteiger partial charge in [0, 0.05) is 30.0 Å². The van der Waals surface area contributed by atoms with E-state index in [1.165, 1.54) is 11.3 Å². The van der Waals surface area contributed by atoms with E-state index in [9.17, 15) is 14.7 Å². The van der Waals surface area contributed by atoms with Crippen molar-refractivity contribution in [2.75, 3.05) is 23.4 Å². The minimum absolute atomic E-state index is 0.135. The van der Waals surface area contributed by atoms with Gasteiger partial charge in [-0.3, -0.25) is 4.79 Å². The van der Waals surface area contributed by atoms with E-state index in [2.05, 4.69) is 22.3 Å². The summed E-state index contributed by atoms with van der Waals surface area (Å²) in [5.41, 5.74) is 5.36. The van der Waals surface area contributed by atoms with Gasteiger partial charge in [-0.05, 0) is 80.3 Å². The average molecular weight is 461 g/mol. The van der Waals surface area contributed by atoms with Crippen LogP contribution in [0.5, 0.6) is 17.2 Å². The molecule has 2 N–H and O–H groups in total. The van der Waals surface area contributed by atoms with Crippen molar-refractivity contribution < 1.29 is 24.2 Å². The van der Waals surface area contributed by atoms with Gasteiger partial charge in [0.05, 0.1) is 6.61 Å². The zero-order chi connectivity index (χ0) is 24.2. The SMILES string of the molecule is CCOC(=O)C(=O)Nc1cc(C)c(Oc2ccc(O)c(CN3CCc4ccccc43)c2)c(C)c1. The molecule has 0 unspecified atom stereocenters. The maximum Gasteiger partial charge on any atom is 0.397 e. The number of anilines is 2. The first kappa shape index (κ1) is 23.2. The van der Waals surface area contributed by atoms with Gasteiger partial charge in [-0.25, -0.2) is 4.79 Å². The first-order valence-electron chi connectivity index (χ1n) is 11.3. The standard InChI is InChI=1S/C27H28N2O5/c1-4-33-27(32)26(31)28-21-13-17(2)25(18(3)14-21)34-22-9-10-24(30)20(15-22)16-29-12-11-19-7-5-6-8-23(19)29/h5-10,13-15,30H,4,11-12,16H2,1-3H3,(H,28,31). The quantitative estimate of drug-likeness (QED) is 0.403. The van der Waals surface area contributed by atoms with Crippen molar-refractivity contribution in [1.82, 2.24) is 0 Å². The van der Waals surface area contributed by atoms with E-state index in [1.54, 1.807) is 31.2 Å². The number of nitrogens with one attached hydrogen (secondary N) is 1. The molecule has 0 saturated carbocycles. The molecule has 0 fully saturated rings. The number of ether oxygens (including phenoxy) is 2. The number of nitrogens with zero attached hydrogens (tertiary/aromatic N) is 1. The van der Waals surface area contributed by atoms with E-state index in [0.717, 1.165) is 29.7 Å². The van der Waals surface area contributed by atoms with Crippen LogP contribution in [0.2, 0.25) is 0 Å². The highest BCUT2D eigenvalue weighted by Gasteiger charge is 2.20. The first-order chi connectivity index (χ1) is 16.4. The van der Waals surface area contributed by atoms with Crippen molar-refractivity contribution in [3.05, 3.63) is 76.9 Å². The number of carbonyl (C=O) groups excluding carboxylic acids is 2. The number of benzene rings is 3. The van der Waals surface area contributed by atoms with E-state index in [0.29, 0.717) is 23.7 Å². The Morgan fingerprint density at radius 1 is 1.06 bits per heavy atom. The zero-order valence-corrected chi connectivity index (χ0v) is 19.6. The minimum Gasteiger partial charge on any atom is -0.508 e. The highest BCUT2D eigenvalue weighted by Crippen LogP contribution is 2.35. The monoisotopic (exact) mass is 460 g/mol. The predicted octanol–water partition coefficient (Wildman–Crippen LogP) is 4.87. The number of amides is 1. The molecule has 0 aliphatic carbocycles.